The van der Waals surface area contributed by atoms with Crippen molar-refractivity contribution in [2.75, 3.05) is 20.1 Å². The molecule has 2 aliphatic rings. The second-order valence-corrected chi connectivity index (χ2v) is 7.17. The Labute approximate surface area is 148 Å². The summed E-state index contributed by atoms with van der Waals surface area (Å²) in [7, 11) is 1.78. The molecule has 2 aromatic rings. The number of halogens is 1. The Morgan fingerprint density at radius 2 is 1.88 bits per heavy atom. The molecular formula is C21H24FN3. The first-order valence-electron chi connectivity index (χ1n) is 8.99. The average Bonchev–Trinajstić information content (AvgIpc) is 3.39. The number of nitrogens with one attached hydrogen (secondary N) is 2. The Bertz CT molecular complexity index is 795. The van der Waals surface area contributed by atoms with E-state index in [0.29, 0.717) is 5.92 Å². The van der Waals surface area contributed by atoms with Crippen molar-refractivity contribution in [2.45, 2.75) is 30.6 Å². The molecule has 2 N–H and O–H groups in total. The third-order valence-corrected chi connectivity index (χ3v) is 5.59. The van der Waals surface area contributed by atoms with Gasteiger partial charge >= 0.3 is 0 Å². The summed E-state index contributed by atoms with van der Waals surface area (Å²) in [4.78, 5) is 4.32. The lowest BCUT2D eigenvalue weighted by Gasteiger charge is -2.31. The topological polar surface area (TPSA) is 36.4 Å². The number of hydrogen-bond acceptors (Lipinski definition) is 1. The van der Waals surface area contributed by atoms with Gasteiger partial charge < -0.3 is 10.6 Å². The van der Waals surface area contributed by atoms with Crippen molar-refractivity contribution in [3.8, 4) is 0 Å². The van der Waals surface area contributed by atoms with Crippen molar-refractivity contribution < 1.29 is 4.39 Å². The normalized spacial score (nSPS) is 20.4. The van der Waals surface area contributed by atoms with Crippen LogP contribution in [0.25, 0.3) is 0 Å². The van der Waals surface area contributed by atoms with Crippen LogP contribution in [0.1, 0.15) is 35.4 Å². The Hall–Kier alpha value is -2.36. The van der Waals surface area contributed by atoms with Gasteiger partial charge in [-0.1, -0.05) is 42.5 Å². The van der Waals surface area contributed by atoms with Gasteiger partial charge in [0.2, 0.25) is 0 Å². The van der Waals surface area contributed by atoms with Gasteiger partial charge in [-0.05, 0) is 42.0 Å². The maximum Gasteiger partial charge on any atom is 0.191 e. The summed E-state index contributed by atoms with van der Waals surface area (Å²) in [5.74, 6) is 1.25. The molecule has 2 aliphatic carbocycles. The largest absolute Gasteiger partial charge is 0.356 e. The molecule has 0 radical (unpaired) electrons. The number of aliphatic imine (C=N–C) groups is 1. The van der Waals surface area contributed by atoms with Gasteiger partial charge in [0.1, 0.15) is 5.82 Å². The minimum absolute atomic E-state index is 0.0773. The number of benzene rings is 2. The minimum atomic E-state index is -0.101. The molecule has 0 amide bonds. The smallest absolute Gasteiger partial charge is 0.191 e. The quantitative estimate of drug-likeness (QED) is 0.648. The van der Waals surface area contributed by atoms with Crippen LogP contribution in [-0.2, 0) is 11.8 Å². The number of guanidine groups is 1. The molecule has 1 saturated carbocycles. The van der Waals surface area contributed by atoms with E-state index in [-0.39, 0.29) is 11.2 Å². The predicted octanol–water partition coefficient (Wildman–Crippen LogP) is 3.36. The van der Waals surface area contributed by atoms with Crippen LogP contribution in [0.15, 0.2) is 53.5 Å². The highest BCUT2D eigenvalue weighted by molar-refractivity contribution is 5.80. The van der Waals surface area contributed by atoms with Crippen molar-refractivity contribution >= 4 is 5.96 Å². The molecule has 2 aromatic carbocycles. The first-order chi connectivity index (χ1) is 12.2. The van der Waals surface area contributed by atoms with E-state index in [2.05, 4.69) is 39.9 Å². The van der Waals surface area contributed by atoms with E-state index in [0.717, 1.165) is 43.9 Å². The summed E-state index contributed by atoms with van der Waals surface area (Å²) in [6.45, 7) is 1.60. The third kappa shape index (κ3) is 3.13. The van der Waals surface area contributed by atoms with Gasteiger partial charge in [0.05, 0.1) is 0 Å². The summed E-state index contributed by atoms with van der Waals surface area (Å²) in [6, 6.07) is 15.7. The minimum Gasteiger partial charge on any atom is -0.356 e. The molecule has 1 unspecified atom stereocenters. The molecule has 0 spiro atoms. The molecule has 4 heteroatoms. The Balaban J connectivity index is 1.32. The van der Waals surface area contributed by atoms with Gasteiger partial charge in [-0.25, -0.2) is 4.39 Å². The first-order valence-corrected chi connectivity index (χ1v) is 8.99. The highest BCUT2D eigenvalue weighted by atomic mass is 19.1. The molecule has 1 fully saturated rings. The van der Waals surface area contributed by atoms with E-state index in [1.165, 1.54) is 11.1 Å². The zero-order chi connectivity index (χ0) is 17.3. The number of nitrogens with zero attached hydrogens (tertiary/aromatic N) is 1. The van der Waals surface area contributed by atoms with E-state index >= 15 is 0 Å². The predicted molar refractivity (Wildman–Crippen MR) is 99.6 cm³/mol. The van der Waals surface area contributed by atoms with Crippen LogP contribution in [0, 0.1) is 5.82 Å². The average molecular weight is 337 g/mol. The summed E-state index contributed by atoms with van der Waals surface area (Å²) in [5.41, 5.74) is 3.64. The van der Waals surface area contributed by atoms with E-state index in [4.69, 9.17) is 0 Å². The van der Waals surface area contributed by atoms with Gasteiger partial charge in [-0.3, -0.25) is 4.99 Å². The fourth-order valence-corrected chi connectivity index (χ4v) is 3.82. The molecule has 0 aliphatic heterocycles. The highest BCUT2D eigenvalue weighted by Crippen LogP contribution is 2.48. The lowest BCUT2D eigenvalue weighted by molar-refractivity contribution is 0.553. The fourth-order valence-electron chi connectivity index (χ4n) is 3.82. The van der Waals surface area contributed by atoms with Gasteiger partial charge in [0.25, 0.3) is 0 Å². The van der Waals surface area contributed by atoms with Crippen molar-refractivity contribution in [3.63, 3.8) is 0 Å². The maximum atomic E-state index is 14.1. The molecule has 3 nitrogen and oxygen atoms in total. The summed E-state index contributed by atoms with van der Waals surface area (Å²) in [5, 5.41) is 6.82. The Morgan fingerprint density at radius 1 is 1.12 bits per heavy atom. The summed E-state index contributed by atoms with van der Waals surface area (Å²) < 4.78 is 14.1. The van der Waals surface area contributed by atoms with Crippen molar-refractivity contribution in [2.24, 2.45) is 4.99 Å². The molecule has 0 bridgehead atoms. The second-order valence-electron chi connectivity index (χ2n) is 7.17. The lowest BCUT2D eigenvalue weighted by atomic mass is 9.78. The zero-order valence-corrected chi connectivity index (χ0v) is 14.6. The van der Waals surface area contributed by atoms with E-state index in [1.807, 2.05) is 12.1 Å². The Kier molecular flexibility index (Phi) is 4.20. The molecule has 1 atom stereocenters. The lowest BCUT2D eigenvalue weighted by Crippen LogP contribution is -2.44. The van der Waals surface area contributed by atoms with Gasteiger partial charge in [0.15, 0.2) is 5.96 Å². The summed E-state index contributed by atoms with van der Waals surface area (Å²) in [6.07, 6.45) is 3.17. The molecule has 0 saturated heterocycles. The maximum absolute atomic E-state index is 14.1. The molecule has 130 valence electrons. The fraction of sp³-hybridized carbons (Fsp3) is 0.381. The number of rotatable bonds is 5. The van der Waals surface area contributed by atoms with Crippen LogP contribution in [0.3, 0.4) is 0 Å². The third-order valence-electron chi connectivity index (χ3n) is 5.59. The number of fused-ring (bicyclic) bond motifs is 1. The van der Waals surface area contributed by atoms with Gasteiger partial charge in [0, 0.05) is 31.5 Å². The van der Waals surface area contributed by atoms with E-state index in [1.54, 1.807) is 19.2 Å². The molecule has 0 aromatic heterocycles. The van der Waals surface area contributed by atoms with Crippen LogP contribution >= 0.6 is 0 Å². The zero-order valence-electron chi connectivity index (χ0n) is 14.6. The SMILES string of the molecule is CN=C(NCC1Cc2ccccc21)NCC1(c2ccccc2F)CC1. The van der Waals surface area contributed by atoms with Crippen LogP contribution < -0.4 is 10.6 Å². The summed E-state index contributed by atoms with van der Waals surface area (Å²) >= 11 is 0. The molecular weight excluding hydrogens is 313 g/mol. The van der Waals surface area contributed by atoms with Crippen LogP contribution in [0.2, 0.25) is 0 Å². The van der Waals surface area contributed by atoms with Crippen LogP contribution in [0.5, 0.6) is 0 Å². The van der Waals surface area contributed by atoms with Crippen molar-refractivity contribution in [3.05, 3.63) is 71.0 Å². The molecule has 4 rings (SSSR count). The van der Waals surface area contributed by atoms with E-state index in [9.17, 15) is 4.39 Å². The Morgan fingerprint density at radius 3 is 2.60 bits per heavy atom. The standard InChI is InChI=1S/C21H24FN3/c1-23-20(24-13-16-12-15-6-2-3-7-17(15)16)25-14-21(10-11-21)18-8-4-5-9-19(18)22/h2-9,16H,10-14H2,1H3,(H2,23,24,25). The van der Waals surface area contributed by atoms with Crippen molar-refractivity contribution in [1.82, 2.24) is 10.6 Å². The van der Waals surface area contributed by atoms with Gasteiger partial charge in [-0.2, -0.15) is 0 Å². The van der Waals surface area contributed by atoms with Crippen LogP contribution in [-0.4, -0.2) is 26.1 Å². The van der Waals surface area contributed by atoms with Gasteiger partial charge in [-0.15, -0.1) is 0 Å². The molecule has 0 heterocycles. The van der Waals surface area contributed by atoms with Crippen molar-refractivity contribution in [1.29, 1.82) is 0 Å². The van der Waals surface area contributed by atoms with Crippen LogP contribution in [0.4, 0.5) is 4.39 Å². The monoisotopic (exact) mass is 337 g/mol. The molecule has 25 heavy (non-hydrogen) atoms. The second kappa shape index (κ2) is 6.51. The van der Waals surface area contributed by atoms with E-state index < -0.39 is 0 Å². The number of hydrogen-bond donors (Lipinski definition) is 2. The highest BCUT2D eigenvalue weighted by Gasteiger charge is 2.45. The first kappa shape index (κ1) is 16.1.